The summed E-state index contributed by atoms with van der Waals surface area (Å²) in [7, 11) is 1.60. The van der Waals surface area contributed by atoms with Gasteiger partial charge in [-0.25, -0.2) is 0 Å². The van der Waals surface area contributed by atoms with Gasteiger partial charge in [-0.15, -0.1) is 0 Å². The van der Waals surface area contributed by atoms with Crippen LogP contribution in [0.1, 0.15) is 49.8 Å². The van der Waals surface area contributed by atoms with Crippen LogP contribution in [0.2, 0.25) is 0 Å². The highest BCUT2D eigenvalue weighted by Gasteiger charge is 1.99. The first-order valence-electron chi connectivity index (χ1n) is 8.32. The van der Waals surface area contributed by atoms with Crippen molar-refractivity contribution in [3.05, 3.63) is 47.0 Å². The molecule has 0 amide bonds. The number of nitrogens with one attached hydrogen (secondary N) is 1. The molecular formula is C19H32N4. The van der Waals surface area contributed by atoms with Crippen molar-refractivity contribution in [2.45, 2.75) is 52.5 Å². The van der Waals surface area contributed by atoms with Gasteiger partial charge in [0.2, 0.25) is 0 Å². The van der Waals surface area contributed by atoms with E-state index in [-0.39, 0.29) is 0 Å². The number of hydrogen-bond donors (Lipinski definition) is 3. The second kappa shape index (κ2) is 13.7. The van der Waals surface area contributed by atoms with Gasteiger partial charge in [0.15, 0.2) is 0 Å². The molecule has 5 N–H and O–H groups in total. The van der Waals surface area contributed by atoms with E-state index < -0.39 is 0 Å². The maximum atomic E-state index is 6.55. The monoisotopic (exact) mass is 316 g/mol. The number of allylic oxidation sites excluding steroid dienone is 1. The number of nitrogens with two attached hydrogens (primary N) is 2. The first-order valence-corrected chi connectivity index (χ1v) is 8.32. The number of nitrogens with zero attached hydrogens (tertiary/aromatic N) is 1. The van der Waals surface area contributed by atoms with E-state index >= 15 is 0 Å². The lowest BCUT2D eigenvalue weighted by molar-refractivity contribution is 0.989. The van der Waals surface area contributed by atoms with Crippen LogP contribution in [-0.4, -0.2) is 19.1 Å². The summed E-state index contributed by atoms with van der Waals surface area (Å²) in [6, 6.07) is 6.58. The summed E-state index contributed by atoms with van der Waals surface area (Å²) >= 11 is 0. The second-order valence-corrected chi connectivity index (χ2v) is 5.25. The number of benzene rings is 1. The van der Waals surface area contributed by atoms with E-state index in [1.165, 1.54) is 42.0 Å². The summed E-state index contributed by atoms with van der Waals surface area (Å²) in [4.78, 5) is 3.63. The average Bonchev–Trinajstić information content (AvgIpc) is 3.48. The maximum Gasteiger partial charge on any atom is 0.117 e. The Bertz CT molecular complexity index is 499. The van der Waals surface area contributed by atoms with Crippen molar-refractivity contribution in [1.29, 1.82) is 5.41 Å². The molecule has 0 aliphatic heterocycles. The highest BCUT2D eigenvalue weighted by Crippen LogP contribution is 2.15. The number of aryl methyl sites for hydroxylation is 2. The summed E-state index contributed by atoms with van der Waals surface area (Å²) in [6.07, 6.45) is 10.9. The zero-order chi connectivity index (χ0) is 17.5. The lowest BCUT2D eigenvalue weighted by atomic mass is 10.0. The van der Waals surface area contributed by atoms with Gasteiger partial charge in [0.05, 0.1) is 0 Å². The van der Waals surface area contributed by atoms with Crippen LogP contribution in [0, 0.1) is 5.41 Å². The Labute approximate surface area is 141 Å². The van der Waals surface area contributed by atoms with Crippen LogP contribution in [0.5, 0.6) is 0 Å². The van der Waals surface area contributed by atoms with Crippen LogP contribution in [0.3, 0.4) is 0 Å². The van der Waals surface area contributed by atoms with Crippen LogP contribution in [0.25, 0.3) is 0 Å². The Morgan fingerprint density at radius 2 is 1.83 bits per heavy atom. The predicted molar refractivity (Wildman–Crippen MR) is 102 cm³/mol. The summed E-state index contributed by atoms with van der Waals surface area (Å²) < 4.78 is 0. The molecule has 0 saturated heterocycles. The minimum absolute atomic E-state index is 0.438. The highest BCUT2D eigenvalue weighted by molar-refractivity contribution is 5.94. The van der Waals surface area contributed by atoms with Crippen molar-refractivity contribution in [2.24, 2.45) is 16.5 Å². The second-order valence-electron chi connectivity index (χ2n) is 5.25. The molecular weight excluding hydrogens is 284 g/mol. The van der Waals surface area contributed by atoms with E-state index in [0.29, 0.717) is 12.4 Å². The Morgan fingerprint density at radius 3 is 2.22 bits per heavy atom. The number of aliphatic imine (C=N–C) groups is 1. The van der Waals surface area contributed by atoms with Gasteiger partial charge >= 0.3 is 0 Å². The molecule has 0 atom stereocenters. The van der Waals surface area contributed by atoms with Gasteiger partial charge in [0.1, 0.15) is 5.84 Å². The summed E-state index contributed by atoms with van der Waals surface area (Å²) in [6.45, 7) is 5.01. The fourth-order valence-corrected chi connectivity index (χ4v) is 1.65. The molecule has 0 unspecified atom stereocenters. The molecule has 1 saturated carbocycles. The molecule has 1 aromatic rings. The summed E-state index contributed by atoms with van der Waals surface area (Å²) in [5.74, 6) is 0.438. The third-order valence-electron chi connectivity index (χ3n) is 3.25. The Morgan fingerprint density at radius 1 is 1.17 bits per heavy atom. The lowest BCUT2D eigenvalue weighted by Crippen LogP contribution is -2.06. The first-order chi connectivity index (χ1) is 11.1. The van der Waals surface area contributed by atoms with Gasteiger partial charge in [-0.05, 0) is 41.7 Å². The van der Waals surface area contributed by atoms with Gasteiger partial charge < -0.3 is 16.9 Å². The van der Waals surface area contributed by atoms with Gasteiger partial charge in [0.25, 0.3) is 0 Å². The molecule has 2 rings (SSSR count). The minimum atomic E-state index is 0.438. The van der Waals surface area contributed by atoms with Crippen molar-refractivity contribution in [2.75, 3.05) is 7.05 Å². The van der Waals surface area contributed by atoms with Gasteiger partial charge in [-0.2, -0.15) is 0 Å². The normalized spacial score (nSPS) is 12.8. The van der Waals surface area contributed by atoms with Gasteiger partial charge in [-0.3, -0.25) is 4.99 Å². The molecule has 128 valence electrons. The van der Waals surface area contributed by atoms with Crippen LogP contribution >= 0.6 is 0 Å². The van der Waals surface area contributed by atoms with E-state index in [4.69, 9.17) is 16.9 Å². The highest BCUT2D eigenvalue weighted by atomic mass is 14.8. The van der Waals surface area contributed by atoms with E-state index in [1.807, 2.05) is 0 Å². The molecule has 0 heterocycles. The molecule has 0 aromatic heterocycles. The summed E-state index contributed by atoms with van der Waals surface area (Å²) in [5.41, 5.74) is 14.9. The quantitative estimate of drug-likeness (QED) is 0.572. The van der Waals surface area contributed by atoms with Crippen LogP contribution in [-0.2, 0) is 19.4 Å². The van der Waals surface area contributed by atoms with Crippen LogP contribution in [0.4, 0.5) is 0 Å². The number of rotatable bonds is 5. The van der Waals surface area contributed by atoms with E-state index in [2.05, 4.69) is 37.0 Å². The zero-order valence-electron chi connectivity index (χ0n) is 14.8. The fourth-order valence-electron chi connectivity index (χ4n) is 1.65. The Balaban J connectivity index is 0.000000376. The third kappa shape index (κ3) is 11.3. The van der Waals surface area contributed by atoms with E-state index in [9.17, 15) is 0 Å². The molecule has 0 spiro atoms. The van der Waals surface area contributed by atoms with Crippen molar-refractivity contribution in [1.82, 2.24) is 0 Å². The van der Waals surface area contributed by atoms with Crippen molar-refractivity contribution in [3.8, 4) is 0 Å². The Hall–Kier alpha value is -1.94. The maximum absolute atomic E-state index is 6.55. The fraction of sp³-hybridized carbons (Fsp3) is 0.474. The predicted octanol–water partition coefficient (Wildman–Crippen LogP) is 3.62. The lowest BCUT2D eigenvalue weighted by Gasteiger charge is -2.06. The molecule has 23 heavy (non-hydrogen) atoms. The average molecular weight is 316 g/mol. The van der Waals surface area contributed by atoms with Crippen molar-refractivity contribution < 1.29 is 0 Å². The first kappa shape index (κ1) is 21.1. The van der Waals surface area contributed by atoms with E-state index in [1.54, 1.807) is 13.1 Å². The van der Waals surface area contributed by atoms with Crippen LogP contribution in [0.15, 0.2) is 35.3 Å². The largest absolute Gasteiger partial charge is 0.384 e. The topological polar surface area (TPSA) is 88.2 Å². The molecule has 1 fully saturated rings. The van der Waals surface area contributed by atoms with Gasteiger partial charge in [-0.1, -0.05) is 51.3 Å². The van der Waals surface area contributed by atoms with Crippen molar-refractivity contribution >= 4 is 12.1 Å². The van der Waals surface area contributed by atoms with Crippen molar-refractivity contribution in [3.63, 3.8) is 0 Å². The Kier molecular flexibility index (Phi) is 12.5. The molecule has 1 aliphatic carbocycles. The number of amidine groups is 1. The minimum Gasteiger partial charge on any atom is -0.384 e. The standard InChI is InChI=1S/C11H17N.C5H9N3.C3H6/c1-3-9-5-6-11(8-12)10(4-2)7-9;1-8-5(7)3-2-4-6;1-2-3-1/h5-7H,3-4,8,12H2,1-2H3;2-4,6H,1H3,(H2,7,8);1-3H2/b;3-2-,6-4?;. The molecule has 0 bridgehead atoms. The molecule has 1 aromatic carbocycles. The molecule has 1 aliphatic rings. The SMILES string of the molecule is C1CC1.CCc1ccc(CN)c(CC)c1.CN=C(N)/C=C\C=N. The zero-order valence-corrected chi connectivity index (χ0v) is 14.8. The number of hydrogen-bond acceptors (Lipinski definition) is 3. The molecule has 0 radical (unpaired) electrons. The van der Waals surface area contributed by atoms with Gasteiger partial charge in [0, 0.05) is 19.8 Å². The molecule has 4 heteroatoms. The third-order valence-corrected chi connectivity index (χ3v) is 3.25. The van der Waals surface area contributed by atoms with E-state index in [0.717, 1.165) is 19.1 Å². The van der Waals surface area contributed by atoms with Crippen LogP contribution < -0.4 is 11.5 Å². The smallest absolute Gasteiger partial charge is 0.117 e. The summed E-state index contributed by atoms with van der Waals surface area (Å²) in [5, 5.41) is 6.55. The molecule has 4 nitrogen and oxygen atoms in total.